The Balaban J connectivity index is 1.73. The fraction of sp³-hybridized carbons (Fsp3) is 0.529. The number of nitrogens with one attached hydrogen (secondary N) is 2. The predicted octanol–water partition coefficient (Wildman–Crippen LogP) is 2.23. The van der Waals surface area contributed by atoms with Gasteiger partial charge in [0.2, 0.25) is 0 Å². The molecule has 0 saturated carbocycles. The van der Waals surface area contributed by atoms with Gasteiger partial charge in [0, 0.05) is 36.2 Å². The zero-order chi connectivity index (χ0) is 17.5. The van der Waals surface area contributed by atoms with Crippen LogP contribution in [-0.2, 0) is 21.5 Å². The maximum atomic E-state index is 12.5. The molecule has 2 heterocycles. The van der Waals surface area contributed by atoms with Gasteiger partial charge in [0.1, 0.15) is 0 Å². The molecular formula is C17H25N3O3S. The summed E-state index contributed by atoms with van der Waals surface area (Å²) in [5, 5.41) is 1.14. The van der Waals surface area contributed by atoms with Crippen molar-refractivity contribution < 1.29 is 13.2 Å². The number of aromatic amines is 1. The van der Waals surface area contributed by atoms with Crippen molar-refractivity contribution in [3.63, 3.8) is 0 Å². The molecular weight excluding hydrogens is 326 g/mol. The molecule has 1 aliphatic heterocycles. The number of morpholine rings is 1. The van der Waals surface area contributed by atoms with Crippen LogP contribution in [0.5, 0.6) is 0 Å². The minimum absolute atomic E-state index is 0.0906. The van der Waals surface area contributed by atoms with Crippen LogP contribution in [0, 0.1) is 13.8 Å². The Bertz CT molecular complexity index is 834. The molecule has 0 unspecified atom stereocenters. The van der Waals surface area contributed by atoms with E-state index in [0.717, 1.165) is 22.2 Å². The third-order valence-corrected chi connectivity index (χ3v) is 6.04. The molecule has 24 heavy (non-hydrogen) atoms. The lowest BCUT2D eigenvalue weighted by molar-refractivity contribution is -0.0444. The first-order valence-electron chi connectivity index (χ1n) is 8.24. The van der Waals surface area contributed by atoms with Crippen molar-refractivity contribution >= 4 is 21.1 Å². The molecule has 1 aliphatic rings. The largest absolute Gasteiger partial charge is 0.373 e. The van der Waals surface area contributed by atoms with Crippen LogP contribution in [0.15, 0.2) is 18.2 Å². The Morgan fingerprint density at radius 3 is 2.58 bits per heavy atom. The van der Waals surface area contributed by atoms with Crippen LogP contribution in [0.25, 0.3) is 10.9 Å². The molecule has 0 amide bonds. The van der Waals surface area contributed by atoms with E-state index in [1.54, 1.807) is 0 Å². The van der Waals surface area contributed by atoms with Crippen molar-refractivity contribution in [2.45, 2.75) is 46.4 Å². The Labute approximate surface area is 143 Å². The van der Waals surface area contributed by atoms with E-state index in [1.807, 2.05) is 39.0 Å². The summed E-state index contributed by atoms with van der Waals surface area (Å²) in [4.78, 5) is 3.33. The van der Waals surface area contributed by atoms with Crippen LogP contribution in [-0.4, -0.2) is 43.0 Å². The summed E-state index contributed by atoms with van der Waals surface area (Å²) < 4.78 is 34.9. The molecule has 2 aromatic rings. The van der Waals surface area contributed by atoms with Gasteiger partial charge in [-0.15, -0.1) is 0 Å². The highest BCUT2D eigenvalue weighted by Gasteiger charge is 2.30. The van der Waals surface area contributed by atoms with E-state index in [-0.39, 0.29) is 18.8 Å². The van der Waals surface area contributed by atoms with Crippen molar-refractivity contribution in [2.24, 2.45) is 0 Å². The highest BCUT2D eigenvalue weighted by Crippen LogP contribution is 2.22. The van der Waals surface area contributed by atoms with Crippen molar-refractivity contribution in [1.29, 1.82) is 0 Å². The summed E-state index contributed by atoms with van der Waals surface area (Å²) in [6.07, 6.45) is -0.181. The number of aryl methyl sites for hydroxylation is 2. The fourth-order valence-corrected chi connectivity index (χ4v) is 4.56. The van der Waals surface area contributed by atoms with E-state index in [9.17, 15) is 8.42 Å². The van der Waals surface area contributed by atoms with Gasteiger partial charge in [-0.25, -0.2) is 0 Å². The van der Waals surface area contributed by atoms with Gasteiger partial charge in [-0.3, -0.25) is 0 Å². The van der Waals surface area contributed by atoms with Gasteiger partial charge < -0.3 is 9.72 Å². The van der Waals surface area contributed by atoms with Gasteiger partial charge in [0.05, 0.1) is 12.2 Å². The van der Waals surface area contributed by atoms with Crippen molar-refractivity contribution in [2.75, 3.05) is 13.1 Å². The number of hydrogen-bond donors (Lipinski definition) is 2. The SMILES string of the molecule is Cc1[nH]c2ccc(CNS(=O)(=O)N3C[C@@H](C)O[C@H](C)C3)cc2c1C. The average Bonchev–Trinajstić information content (AvgIpc) is 2.79. The minimum atomic E-state index is -3.51. The molecule has 1 saturated heterocycles. The number of nitrogens with zero attached hydrogens (tertiary/aromatic N) is 1. The highest BCUT2D eigenvalue weighted by molar-refractivity contribution is 7.87. The van der Waals surface area contributed by atoms with E-state index < -0.39 is 10.2 Å². The number of aromatic nitrogens is 1. The van der Waals surface area contributed by atoms with Crippen LogP contribution < -0.4 is 4.72 Å². The smallest absolute Gasteiger partial charge is 0.279 e. The normalized spacial score (nSPS) is 23.0. The lowest BCUT2D eigenvalue weighted by Gasteiger charge is -2.34. The third kappa shape index (κ3) is 3.49. The Morgan fingerprint density at radius 1 is 1.25 bits per heavy atom. The average molecular weight is 351 g/mol. The number of benzene rings is 1. The molecule has 0 bridgehead atoms. The maximum absolute atomic E-state index is 12.5. The summed E-state index contributed by atoms with van der Waals surface area (Å²) in [5.41, 5.74) is 4.36. The topological polar surface area (TPSA) is 74.4 Å². The van der Waals surface area contributed by atoms with Crippen molar-refractivity contribution in [3.05, 3.63) is 35.0 Å². The van der Waals surface area contributed by atoms with Crippen LogP contribution >= 0.6 is 0 Å². The molecule has 2 atom stereocenters. The first-order valence-corrected chi connectivity index (χ1v) is 9.68. The second kappa shape index (κ2) is 6.48. The van der Waals surface area contributed by atoms with Gasteiger partial charge in [-0.1, -0.05) is 6.07 Å². The Kier molecular flexibility index (Phi) is 4.70. The summed E-state index contributed by atoms with van der Waals surface area (Å²) in [7, 11) is -3.51. The van der Waals surface area contributed by atoms with Crippen LogP contribution in [0.4, 0.5) is 0 Å². The van der Waals surface area contributed by atoms with Gasteiger partial charge in [-0.05, 0) is 51.0 Å². The van der Waals surface area contributed by atoms with Crippen molar-refractivity contribution in [1.82, 2.24) is 14.0 Å². The molecule has 132 valence electrons. The van der Waals surface area contributed by atoms with E-state index in [2.05, 4.69) is 16.6 Å². The van der Waals surface area contributed by atoms with Gasteiger partial charge in [0.25, 0.3) is 10.2 Å². The van der Waals surface area contributed by atoms with Gasteiger partial charge in [0.15, 0.2) is 0 Å². The predicted molar refractivity (Wildman–Crippen MR) is 95.1 cm³/mol. The molecule has 1 aromatic heterocycles. The van der Waals surface area contributed by atoms with E-state index in [4.69, 9.17) is 4.74 Å². The lowest BCUT2D eigenvalue weighted by Crippen LogP contribution is -2.51. The number of H-pyrrole nitrogens is 1. The lowest BCUT2D eigenvalue weighted by atomic mass is 10.1. The molecule has 1 aromatic carbocycles. The maximum Gasteiger partial charge on any atom is 0.279 e. The van der Waals surface area contributed by atoms with Gasteiger partial charge >= 0.3 is 0 Å². The monoisotopic (exact) mass is 351 g/mol. The van der Waals surface area contributed by atoms with Crippen LogP contribution in [0.3, 0.4) is 0 Å². The van der Waals surface area contributed by atoms with E-state index in [1.165, 1.54) is 9.87 Å². The third-order valence-electron chi connectivity index (χ3n) is 4.56. The minimum Gasteiger partial charge on any atom is -0.373 e. The molecule has 0 aliphatic carbocycles. The number of fused-ring (bicyclic) bond motifs is 1. The second-order valence-electron chi connectivity index (χ2n) is 6.66. The Hall–Kier alpha value is -1.41. The zero-order valence-electron chi connectivity index (χ0n) is 14.6. The fourth-order valence-electron chi connectivity index (χ4n) is 3.21. The molecule has 3 rings (SSSR count). The highest BCUT2D eigenvalue weighted by atomic mass is 32.2. The van der Waals surface area contributed by atoms with Crippen LogP contribution in [0.1, 0.15) is 30.7 Å². The molecule has 2 N–H and O–H groups in total. The van der Waals surface area contributed by atoms with E-state index >= 15 is 0 Å². The first-order chi connectivity index (χ1) is 11.3. The number of rotatable bonds is 4. The molecule has 6 nitrogen and oxygen atoms in total. The summed E-state index contributed by atoms with van der Waals surface area (Å²) >= 11 is 0. The number of hydrogen-bond acceptors (Lipinski definition) is 3. The quantitative estimate of drug-likeness (QED) is 0.887. The standard InChI is InChI=1S/C17H25N3O3S/c1-11-9-20(10-12(2)23-11)24(21,22)18-8-15-5-6-17-16(7-15)13(3)14(4)19-17/h5-7,11-12,18-19H,8-10H2,1-4H3/t11-,12-/m1/s1. The first kappa shape index (κ1) is 17.4. The molecule has 1 fully saturated rings. The number of ether oxygens (including phenoxy) is 1. The zero-order valence-corrected chi connectivity index (χ0v) is 15.4. The summed E-state index contributed by atoms with van der Waals surface area (Å²) in [5.74, 6) is 0. The Morgan fingerprint density at radius 2 is 1.92 bits per heavy atom. The summed E-state index contributed by atoms with van der Waals surface area (Å²) in [6.45, 7) is 8.94. The molecule has 0 radical (unpaired) electrons. The molecule has 7 heteroatoms. The molecule has 0 spiro atoms. The van der Waals surface area contributed by atoms with Crippen LogP contribution in [0.2, 0.25) is 0 Å². The van der Waals surface area contributed by atoms with Crippen molar-refractivity contribution in [3.8, 4) is 0 Å². The van der Waals surface area contributed by atoms with E-state index in [0.29, 0.717) is 13.1 Å². The van der Waals surface area contributed by atoms with Gasteiger partial charge in [-0.2, -0.15) is 17.4 Å². The second-order valence-corrected chi connectivity index (χ2v) is 8.41. The summed E-state index contributed by atoms with van der Waals surface area (Å²) in [6, 6.07) is 5.99.